The van der Waals surface area contributed by atoms with E-state index in [0.29, 0.717) is 23.2 Å². The molecule has 3 heterocycles. The Bertz CT molecular complexity index is 978. The number of hydrogen-bond donors (Lipinski definition) is 1. The number of aryl methyl sites for hydroxylation is 1. The maximum absolute atomic E-state index is 12.0. The van der Waals surface area contributed by atoms with Crippen LogP contribution in [0, 0.1) is 6.92 Å². The summed E-state index contributed by atoms with van der Waals surface area (Å²) < 4.78 is 5.36. The van der Waals surface area contributed by atoms with Crippen molar-refractivity contribution in [3.63, 3.8) is 0 Å². The summed E-state index contributed by atoms with van der Waals surface area (Å²) in [6.07, 6.45) is 2.54. The summed E-state index contributed by atoms with van der Waals surface area (Å²) in [6.45, 7) is 5.67. The first-order valence-corrected chi connectivity index (χ1v) is 10.6. The summed E-state index contributed by atoms with van der Waals surface area (Å²) >= 11 is 8.10. The number of thiophene rings is 1. The molecular formula is C21H23ClN2O2S. The maximum atomic E-state index is 12.0. The van der Waals surface area contributed by atoms with Crippen LogP contribution in [-0.2, 0) is 6.54 Å². The summed E-state index contributed by atoms with van der Waals surface area (Å²) in [4.78, 5) is 15.9. The largest absolute Gasteiger partial charge is 0.423 e. The van der Waals surface area contributed by atoms with Gasteiger partial charge in [-0.2, -0.15) is 0 Å². The summed E-state index contributed by atoms with van der Waals surface area (Å²) in [5.41, 5.74) is 2.10. The Morgan fingerprint density at radius 3 is 2.85 bits per heavy atom. The Morgan fingerprint density at radius 2 is 2.11 bits per heavy atom. The molecule has 0 aliphatic carbocycles. The van der Waals surface area contributed by atoms with Crippen LogP contribution in [0.25, 0.3) is 11.0 Å². The third-order valence-electron chi connectivity index (χ3n) is 5.22. The minimum atomic E-state index is -0.324. The highest BCUT2D eigenvalue weighted by Gasteiger charge is 2.24. The molecule has 1 N–H and O–H groups in total. The quantitative estimate of drug-likeness (QED) is 0.605. The van der Waals surface area contributed by atoms with Crippen LogP contribution in [0.4, 0.5) is 0 Å². The van der Waals surface area contributed by atoms with Crippen molar-refractivity contribution in [2.45, 2.75) is 32.4 Å². The predicted octanol–water partition coefficient (Wildman–Crippen LogP) is 4.74. The van der Waals surface area contributed by atoms with E-state index in [4.69, 9.17) is 16.0 Å². The molecule has 0 saturated carbocycles. The zero-order chi connectivity index (χ0) is 18.8. The van der Waals surface area contributed by atoms with Crippen molar-refractivity contribution in [1.29, 1.82) is 0 Å². The average molecular weight is 403 g/mol. The molecule has 3 aromatic rings. The van der Waals surface area contributed by atoms with E-state index in [-0.39, 0.29) is 5.63 Å². The second-order valence-corrected chi connectivity index (χ2v) is 8.48. The molecule has 0 spiro atoms. The Morgan fingerprint density at radius 1 is 1.30 bits per heavy atom. The molecule has 2 aromatic heterocycles. The van der Waals surface area contributed by atoms with Crippen LogP contribution >= 0.6 is 22.9 Å². The molecule has 0 unspecified atom stereocenters. The normalized spacial score (nSPS) is 16.2. The van der Waals surface area contributed by atoms with Crippen molar-refractivity contribution >= 4 is 33.9 Å². The van der Waals surface area contributed by atoms with Crippen LogP contribution in [0.2, 0.25) is 5.02 Å². The number of likely N-dealkylation sites (tertiary alicyclic amines) is 1. The van der Waals surface area contributed by atoms with E-state index >= 15 is 0 Å². The van der Waals surface area contributed by atoms with E-state index in [1.54, 1.807) is 6.07 Å². The zero-order valence-electron chi connectivity index (χ0n) is 15.3. The first-order valence-electron chi connectivity index (χ1n) is 9.33. The fourth-order valence-corrected chi connectivity index (χ4v) is 4.81. The fraction of sp³-hybridized carbons (Fsp3) is 0.381. The van der Waals surface area contributed by atoms with Crippen LogP contribution in [0.5, 0.6) is 0 Å². The molecule has 1 aliphatic heterocycles. The van der Waals surface area contributed by atoms with Gasteiger partial charge in [-0.25, -0.2) is 4.79 Å². The molecule has 1 fully saturated rings. The summed E-state index contributed by atoms with van der Waals surface area (Å²) in [7, 11) is 0. The monoisotopic (exact) mass is 402 g/mol. The van der Waals surface area contributed by atoms with Gasteiger partial charge in [0.15, 0.2) is 0 Å². The molecule has 1 saturated heterocycles. The average Bonchev–Trinajstić information content (AvgIpc) is 3.34. The zero-order valence-corrected chi connectivity index (χ0v) is 16.9. The van der Waals surface area contributed by atoms with E-state index in [1.165, 1.54) is 17.7 Å². The number of fused-ring (bicyclic) bond motifs is 1. The highest BCUT2D eigenvalue weighted by molar-refractivity contribution is 7.10. The number of rotatable bonds is 6. The molecule has 142 valence electrons. The van der Waals surface area contributed by atoms with Gasteiger partial charge in [0.25, 0.3) is 0 Å². The third kappa shape index (κ3) is 4.11. The van der Waals surface area contributed by atoms with E-state index in [2.05, 4.69) is 27.7 Å². The van der Waals surface area contributed by atoms with Gasteiger partial charge in [0.05, 0.1) is 6.04 Å². The van der Waals surface area contributed by atoms with Crippen LogP contribution < -0.4 is 10.9 Å². The van der Waals surface area contributed by atoms with Crippen LogP contribution in [0.15, 0.2) is 44.9 Å². The first kappa shape index (κ1) is 18.7. The fourth-order valence-electron chi connectivity index (χ4n) is 3.78. The Labute approximate surface area is 167 Å². The van der Waals surface area contributed by atoms with Gasteiger partial charge in [0.2, 0.25) is 0 Å². The Balaban J connectivity index is 1.54. The second-order valence-electron chi connectivity index (χ2n) is 7.09. The molecule has 1 atom stereocenters. The lowest BCUT2D eigenvalue weighted by molar-refractivity contribution is 0.242. The number of nitrogens with one attached hydrogen (secondary N) is 1. The van der Waals surface area contributed by atoms with Gasteiger partial charge in [-0.15, -0.1) is 11.3 Å². The molecule has 6 heteroatoms. The molecule has 4 rings (SSSR count). The van der Waals surface area contributed by atoms with E-state index in [9.17, 15) is 4.79 Å². The predicted molar refractivity (Wildman–Crippen MR) is 112 cm³/mol. The lowest BCUT2D eigenvalue weighted by Crippen LogP contribution is -2.33. The van der Waals surface area contributed by atoms with Gasteiger partial charge in [-0.1, -0.05) is 17.7 Å². The summed E-state index contributed by atoms with van der Waals surface area (Å²) in [5, 5.41) is 7.28. The topological polar surface area (TPSA) is 45.5 Å². The second kappa shape index (κ2) is 8.15. The van der Waals surface area contributed by atoms with Gasteiger partial charge in [-0.05, 0) is 67.6 Å². The van der Waals surface area contributed by atoms with E-state index in [1.807, 2.05) is 30.4 Å². The minimum Gasteiger partial charge on any atom is -0.423 e. The van der Waals surface area contributed by atoms with Crippen LogP contribution in [-0.4, -0.2) is 24.5 Å². The van der Waals surface area contributed by atoms with Crippen molar-refractivity contribution < 1.29 is 4.42 Å². The standard InChI is InChI=1S/C21H23ClN2O2S/c1-14-9-19-16(11-17(14)22)15(10-21(25)26-19)12-23-13-18(20-5-4-8-27-20)24-6-2-3-7-24/h4-5,8-11,18,23H,2-3,6-7,12-13H2,1H3/t18-/m1/s1. The SMILES string of the molecule is Cc1cc2oc(=O)cc(CNC[C@H](c3cccs3)N3CCCC3)c2cc1Cl. The highest BCUT2D eigenvalue weighted by atomic mass is 35.5. The van der Waals surface area contributed by atoms with E-state index in [0.717, 1.165) is 36.1 Å². The molecule has 1 aromatic carbocycles. The number of nitrogens with zero attached hydrogens (tertiary/aromatic N) is 1. The summed E-state index contributed by atoms with van der Waals surface area (Å²) in [6, 6.07) is 10.00. The van der Waals surface area contributed by atoms with Gasteiger partial charge >= 0.3 is 5.63 Å². The number of hydrogen-bond acceptors (Lipinski definition) is 5. The smallest absolute Gasteiger partial charge is 0.336 e. The molecule has 1 aliphatic rings. The lowest BCUT2D eigenvalue weighted by Gasteiger charge is -2.27. The minimum absolute atomic E-state index is 0.324. The van der Waals surface area contributed by atoms with Crippen molar-refractivity contribution in [3.05, 3.63) is 67.2 Å². The first-order chi connectivity index (χ1) is 13.1. The van der Waals surface area contributed by atoms with E-state index < -0.39 is 0 Å². The third-order valence-corrected chi connectivity index (χ3v) is 6.60. The van der Waals surface area contributed by atoms with Crippen molar-refractivity contribution in [2.75, 3.05) is 19.6 Å². The summed E-state index contributed by atoms with van der Waals surface area (Å²) in [5.74, 6) is 0. The molecular weight excluding hydrogens is 380 g/mol. The Hall–Kier alpha value is -1.66. The highest BCUT2D eigenvalue weighted by Crippen LogP contribution is 2.28. The molecule has 27 heavy (non-hydrogen) atoms. The maximum Gasteiger partial charge on any atom is 0.336 e. The van der Waals surface area contributed by atoms with Crippen molar-refractivity contribution in [1.82, 2.24) is 10.2 Å². The van der Waals surface area contributed by atoms with Crippen LogP contribution in [0.3, 0.4) is 0 Å². The van der Waals surface area contributed by atoms with Gasteiger partial charge in [-0.3, -0.25) is 4.90 Å². The number of halogens is 1. The van der Waals surface area contributed by atoms with Crippen LogP contribution in [0.1, 0.15) is 34.9 Å². The molecule has 0 amide bonds. The van der Waals surface area contributed by atoms with Gasteiger partial charge < -0.3 is 9.73 Å². The van der Waals surface area contributed by atoms with Gasteiger partial charge in [0, 0.05) is 34.4 Å². The molecule has 4 nitrogen and oxygen atoms in total. The lowest BCUT2D eigenvalue weighted by atomic mass is 10.1. The Kier molecular flexibility index (Phi) is 5.64. The van der Waals surface area contributed by atoms with Crippen molar-refractivity contribution in [3.8, 4) is 0 Å². The molecule has 0 bridgehead atoms. The van der Waals surface area contributed by atoms with Gasteiger partial charge in [0.1, 0.15) is 5.58 Å². The molecule has 0 radical (unpaired) electrons. The number of benzene rings is 1. The van der Waals surface area contributed by atoms with Crippen molar-refractivity contribution in [2.24, 2.45) is 0 Å².